The number of fused-ring (bicyclic) bond motifs is 2. The molecule has 1 N–H and O–H groups in total. The van der Waals surface area contributed by atoms with E-state index in [9.17, 15) is 0 Å². The van der Waals surface area contributed by atoms with Crippen molar-refractivity contribution in [1.29, 1.82) is 0 Å². The Morgan fingerprint density at radius 3 is 1.80 bits per heavy atom. The molecule has 20 heavy (non-hydrogen) atoms. The van der Waals surface area contributed by atoms with Crippen LogP contribution in [0.1, 0.15) is 49.9 Å². The van der Waals surface area contributed by atoms with Crippen molar-refractivity contribution < 1.29 is 0 Å². The Kier molecular flexibility index (Phi) is 3.12. The first kappa shape index (κ1) is 13.9. The molecule has 3 rings (SSSR count). The van der Waals surface area contributed by atoms with Crippen LogP contribution in [0.5, 0.6) is 0 Å². The van der Waals surface area contributed by atoms with Gasteiger partial charge in [0.1, 0.15) is 0 Å². The van der Waals surface area contributed by atoms with Gasteiger partial charge in [0.2, 0.25) is 0 Å². The zero-order valence-corrected chi connectivity index (χ0v) is 14.6. The van der Waals surface area contributed by atoms with E-state index in [2.05, 4.69) is 96.6 Å². The van der Waals surface area contributed by atoms with E-state index >= 15 is 0 Å². The average Bonchev–Trinajstić information content (AvgIpc) is 2.45. The van der Waals surface area contributed by atoms with Gasteiger partial charge in [0, 0.05) is 16.5 Å². The lowest BCUT2D eigenvalue weighted by Crippen LogP contribution is -2.36. The van der Waals surface area contributed by atoms with Crippen molar-refractivity contribution in [3.8, 4) is 0 Å². The van der Waals surface area contributed by atoms with Crippen LogP contribution >= 0.6 is 22.9 Å². The predicted octanol–water partition coefficient (Wildman–Crippen LogP) is 5.41. The van der Waals surface area contributed by atoms with Crippen LogP contribution in [0, 0.1) is 0 Å². The number of nitrogens with one attached hydrogen (secondary N) is 1. The fraction of sp³-hybridized carbons (Fsp3) is 0.333. The van der Waals surface area contributed by atoms with Crippen molar-refractivity contribution in [2.75, 3.05) is 3.53 Å². The summed E-state index contributed by atoms with van der Waals surface area (Å²) in [7, 11) is 0. The van der Waals surface area contributed by atoms with Crippen LogP contribution in [0.4, 0.5) is 5.69 Å². The molecule has 2 aromatic rings. The number of hydrogen-bond acceptors (Lipinski definition) is 1. The predicted molar refractivity (Wildman–Crippen MR) is 94.8 cm³/mol. The maximum Gasteiger partial charge on any atom is 0.0560 e. The van der Waals surface area contributed by atoms with E-state index < -0.39 is 0 Å². The second-order valence-corrected chi connectivity index (χ2v) is 7.19. The molecule has 0 aliphatic heterocycles. The minimum absolute atomic E-state index is 0.0466. The molecule has 0 atom stereocenters. The van der Waals surface area contributed by atoms with Gasteiger partial charge in [0.25, 0.3) is 0 Å². The van der Waals surface area contributed by atoms with Crippen LogP contribution in [0.15, 0.2) is 42.5 Å². The second-order valence-electron chi connectivity index (χ2n) is 6.65. The van der Waals surface area contributed by atoms with E-state index in [4.69, 9.17) is 0 Å². The molecule has 1 aliphatic rings. The first-order valence-electron chi connectivity index (χ1n) is 7.00. The Balaban J connectivity index is 2.36. The molecule has 0 aromatic heterocycles. The van der Waals surface area contributed by atoms with Crippen molar-refractivity contribution in [3.63, 3.8) is 0 Å². The van der Waals surface area contributed by atoms with Crippen LogP contribution in [0.3, 0.4) is 0 Å². The highest BCUT2D eigenvalue weighted by Gasteiger charge is 2.41. The molecular formula is C18H20IN. The summed E-state index contributed by atoms with van der Waals surface area (Å²) >= 11 is 2.20. The minimum atomic E-state index is 0.0466. The van der Waals surface area contributed by atoms with Crippen molar-refractivity contribution in [2.24, 2.45) is 0 Å². The Bertz CT molecular complexity index is 671. The highest BCUT2D eigenvalue weighted by Crippen LogP contribution is 2.49. The quantitative estimate of drug-likeness (QED) is 0.517. The third-order valence-corrected chi connectivity index (χ3v) is 5.37. The molecule has 0 bridgehead atoms. The molecule has 1 aliphatic carbocycles. The van der Waals surface area contributed by atoms with Gasteiger partial charge in [-0.25, -0.2) is 0 Å². The lowest BCUT2D eigenvalue weighted by Gasteiger charge is -2.44. The number of hydrogen-bond donors (Lipinski definition) is 1. The molecular weight excluding hydrogens is 357 g/mol. The summed E-state index contributed by atoms with van der Waals surface area (Å²) < 4.78 is 3.24. The zero-order chi connectivity index (χ0) is 14.5. The lowest BCUT2D eigenvalue weighted by molar-refractivity contribution is 0.521. The topological polar surface area (TPSA) is 12.0 Å². The van der Waals surface area contributed by atoms with Gasteiger partial charge in [0.05, 0.1) is 22.9 Å². The molecule has 0 amide bonds. The van der Waals surface area contributed by atoms with Crippen molar-refractivity contribution >= 4 is 28.6 Å². The summed E-state index contributed by atoms with van der Waals surface area (Å²) in [5.74, 6) is 0. The normalized spacial score (nSPS) is 18.1. The summed E-state index contributed by atoms with van der Waals surface area (Å²) in [6.07, 6.45) is 0. The Morgan fingerprint density at radius 1 is 0.750 bits per heavy atom. The third kappa shape index (κ3) is 1.80. The van der Waals surface area contributed by atoms with Gasteiger partial charge in [-0.15, -0.1) is 0 Å². The largest absolute Gasteiger partial charge is 0.328 e. The fourth-order valence-corrected chi connectivity index (χ4v) is 3.86. The molecule has 1 nitrogen and oxygen atoms in total. The molecule has 0 spiro atoms. The zero-order valence-electron chi connectivity index (χ0n) is 12.4. The van der Waals surface area contributed by atoms with Crippen LogP contribution in [0.25, 0.3) is 0 Å². The number of anilines is 1. The van der Waals surface area contributed by atoms with Crippen LogP contribution in [-0.4, -0.2) is 0 Å². The molecule has 0 saturated carbocycles. The standard InChI is InChI=1S/C18H20IN/c1-17(2)13-7-5-6-8-14(13)18(3,4)16-11-12(20-19)9-10-15(16)17/h5-11,20H,1-4H3. The molecule has 0 saturated heterocycles. The van der Waals surface area contributed by atoms with E-state index in [0.717, 1.165) is 0 Å². The molecule has 0 fully saturated rings. The van der Waals surface area contributed by atoms with Gasteiger partial charge in [-0.2, -0.15) is 0 Å². The van der Waals surface area contributed by atoms with Gasteiger partial charge >= 0.3 is 0 Å². The van der Waals surface area contributed by atoms with Gasteiger partial charge in [-0.3, -0.25) is 0 Å². The summed E-state index contributed by atoms with van der Waals surface area (Å²) in [6, 6.07) is 15.6. The van der Waals surface area contributed by atoms with Crippen molar-refractivity contribution in [3.05, 3.63) is 64.7 Å². The molecule has 2 aromatic carbocycles. The van der Waals surface area contributed by atoms with E-state index in [1.54, 1.807) is 0 Å². The average molecular weight is 377 g/mol. The molecule has 0 unspecified atom stereocenters. The SMILES string of the molecule is CC1(C)c2ccccc2C(C)(C)c2cc(NI)ccc21. The van der Waals surface area contributed by atoms with E-state index in [-0.39, 0.29) is 10.8 Å². The van der Waals surface area contributed by atoms with E-state index in [1.807, 2.05) is 0 Å². The summed E-state index contributed by atoms with van der Waals surface area (Å²) in [5.41, 5.74) is 7.05. The van der Waals surface area contributed by atoms with E-state index in [1.165, 1.54) is 27.9 Å². The van der Waals surface area contributed by atoms with E-state index in [0.29, 0.717) is 0 Å². The van der Waals surface area contributed by atoms with Gasteiger partial charge in [-0.05, 0) is 34.4 Å². The monoisotopic (exact) mass is 377 g/mol. The maximum absolute atomic E-state index is 3.24. The second kappa shape index (κ2) is 4.48. The third-order valence-electron chi connectivity index (χ3n) is 4.75. The highest BCUT2D eigenvalue weighted by molar-refractivity contribution is 14.1. The summed E-state index contributed by atoms with van der Waals surface area (Å²) in [4.78, 5) is 0. The number of halogens is 1. The molecule has 2 heteroatoms. The molecule has 104 valence electrons. The first-order chi connectivity index (χ1) is 9.39. The summed E-state index contributed by atoms with van der Waals surface area (Å²) in [6.45, 7) is 9.32. The van der Waals surface area contributed by atoms with Crippen LogP contribution < -0.4 is 3.53 Å². The molecule has 0 radical (unpaired) electrons. The number of rotatable bonds is 1. The van der Waals surface area contributed by atoms with Crippen LogP contribution in [-0.2, 0) is 10.8 Å². The first-order valence-corrected chi connectivity index (χ1v) is 8.08. The number of benzene rings is 2. The highest BCUT2D eigenvalue weighted by atomic mass is 127. The van der Waals surface area contributed by atoms with Crippen molar-refractivity contribution in [2.45, 2.75) is 38.5 Å². The van der Waals surface area contributed by atoms with Gasteiger partial charge in [-0.1, -0.05) is 58.0 Å². The fourth-order valence-electron chi connectivity index (χ4n) is 3.53. The Labute approximate surface area is 135 Å². The lowest BCUT2D eigenvalue weighted by atomic mass is 9.60. The molecule has 0 heterocycles. The van der Waals surface area contributed by atoms with Gasteiger partial charge in [0.15, 0.2) is 0 Å². The van der Waals surface area contributed by atoms with Crippen molar-refractivity contribution in [1.82, 2.24) is 0 Å². The van der Waals surface area contributed by atoms with Gasteiger partial charge < -0.3 is 3.53 Å². The maximum atomic E-state index is 3.24. The Hall–Kier alpha value is -1.03. The van der Waals surface area contributed by atoms with Crippen LogP contribution in [0.2, 0.25) is 0 Å². The Morgan fingerprint density at radius 2 is 1.25 bits per heavy atom. The minimum Gasteiger partial charge on any atom is -0.328 e. The smallest absolute Gasteiger partial charge is 0.0560 e. The summed E-state index contributed by atoms with van der Waals surface area (Å²) in [5, 5.41) is 0.